The van der Waals surface area contributed by atoms with Crippen LogP contribution >= 0.6 is 0 Å². The van der Waals surface area contributed by atoms with Crippen molar-refractivity contribution in [1.29, 1.82) is 0 Å². The number of amides is 1. The van der Waals surface area contributed by atoms with Crippen LogP contribution in [-0.2, 0) is 4.74 Å². The number of aromatic nitrogens is 2. The second-order valence-electron chi connectivity index (χ2n) is 6.80. The molecule has 1 aliphatic heterocycles. The molecule has 1 atom stereocenters. The maximum atomic E-state index is 12.8. The smallest absolute Gasteiger partial charge is 0.254 e. The topological polar surface area (TPSA) is 55.3 Å². The van der Waals surface area contributed by atoms with Crippen LogP contribution in [0.5, 0.6) is 0 Å². The third kappa shape index (κ3) is 3.56. The van der Waals surface area contributed by atoms with Gasteiger partial charge >= 0.3 is 0 Å². The van der Waals surface area contributed by atoms with Crippen LogP contribution in [0.1, 0.15) is 48.4 Å². The fourth-order valence-corrected chi connectivity index (χ4v) is 3.16. The lowest BCUT2D eigenvalue weighted by molar-refractivity contribution is -0.0287. The van der Waals surface area contributed by atoms with Gasteiger partial charge in [0.1, 0.15) is 0 Å². The number of ether oxygens (including phenoxy) is 1. The zero-order valence-electron chi connectivity index (χ0n) is 14.9. The highest BCUT2D eigenvalue weighted by Gasteiger charge is 2.25. The Morgan fingerprint density at radius 3 is 2.62 bits per heavy atom. The molecule has 1 unspecified atom stereocenters. The Labute approximate surface area is 143 Å². The van der Waals surface area contributed by atoms with E-state index >= 15 is 0 Å². The molecule has 1 amide bonds. The number of likely N-dealkylation sites (tertiary alicyclic amines) is 1. The molecule has 1 aromatic heterocycles. The van der Waals surface area contributed by atoms with Crippen LogP contribution in [0.25, 0.3) is 11.0 Å². The zero-order chi connectivity index (χ0) is 17.3. The summed E-state index contributed by atoms with van der Waals surface area (Å²) in [6.07, 6.45) is 2.32. The van der Waals surface area contributed by atoms with Crippen molar-refractivity contribution in [3.8, 4) is 0 Å². The first-order valence-electron chi connectivity index (χ1n) is 8.64. The molecule has 0 radical (unpaired) electrons. The van der Waals surface area contributed by atoms with Crippen LogP contribution in [0.2, 0.25) is 0 Å². The largest absolute Gasteiger partial charge is 0.374 e. The predicted molar refractivity (Wildman–Crippen MR) is 94.2 cm³/mol. The quantitative estimate of drug-likeness (QED) is 0.868. The van der Waals surface area contributed by atoms with Crippen molar-refractivity contribution >= 4 is 16.9 Å². The minimum atomic E-state index is 0.0500. The molecule has 0 aliphatic carbocycles. The summed E-state index contributed by atoms with van der Waals surface area (Å²) in [6.45, 7) is 9.40. The summed E-state index contributed by atoms with van der Waals surface area (Å²) in [5, 5.41) is 0. The van der Waals surface area contributed by atoms with Gasteiger partial charge in [0, 0.05) is 18.7 Å². The Kier molecular flexibility index (Phi) is 4.81. The first-order chi connectivity index (χ1) is 11.4. The van der Waals surface area contributed by atoms with Crippen molar-refractivity contribution in [2.75, 3.05) is 13.1 Å². The molecule has 0 spiro atoms. The SMILES string of the molecule is Cc1nc2ccc(C(=O)N3CCCC(OC(C)C)C3)cc2nc1C. The van der Waals surface area contributed by atoms with Crippen LogP contribution in [0.4, 0.5) is 0 Å². The molecule has 5 nitrogen and oxygen atoms in total. The van der Waals surface area contributed by atoms with Crippen molar-refractivity contribution in [2.45, 2.75) is 52.7 Å². The number of hydrogen-bond acceptors (Lipinski definition) is 4. The number of carbonyl (C=O) groups excluding carboxylic acids is 1. The Hall–Kier alpha value is -2.01. The molecule has 1 fully saturated rings. The molecule has 128 valence electrons. The minimum absolute atomic E-state index is 0.0500. The van der Waals surface area contributed by atoms with Gasteiger partial charge in [-0.2, -0.15) is 0 Å². The number of piperidine rings is 1. The third-order valence-electron chi connectivity index (χ3n) is 4.45. The van der Waals surface area contributed by atoms with Gasteiger partial charge in [0.25, 0.3) is 5.91 Å². The molecule has 2 aromatic rings. The lowest BCUT2D eigenvalue weighted by atomic mass is 10.1. The van der Waals surface area contributed by atoms with Crippen molar-refractivity contribution in [1.82, 2.24) is 14.9 Å². The number of aryl methyl sites for hydroxylation is 2. The molecule has 5 heteroatoms. The summed E-state index contributed by atoms with van der Waals surface area (Å²) in [4.78, 5) is 23.8. The van der Waals surface area contributed by atoms with Crippen LogP contribution < -0.4 is 0 Å². The van der Waals surface area contributed by atoms with E-state index in [9.17, 15) is 4.79 Å². The number of nitrogens with zero attached hydrogens (tertiary/aromatic N) is 3. The van der Waals surface area contributed by atoms with Gasteiger partial charge in [-0.1, -0.05) is 0 Å². The van der Waals surface area contributed by atoms with Gasteiger partial charge in [-0.25, -0.2) is 9.97 Å². The highest BCUT2D eigenvalue weighted by Crippen LogP contribution is 2.20. The van der Waals surface area contributed by atoms with Gasteiger partial charge in [-0.15, -0.1) is 0 Å². The van der Waals surface area contributed by atoms with E-state index in [2.05, 4.69) is 9.97 Å². The molecule has 1 aliphatic rings. The summed E-state index contributed by atoms with van der Waals surface area (Å²) in [5.74, 6) is 0.0500. The van der Waals surface area contributed by atoms with E-state index in [0.29, 0.717) is 12.1 Å². The van der Waals surface area contributed by atoms with E-state index in [1.807, 2.05) is 50.8 Å². The van der Waals surface area contributed by atoms with Crippen LogP contribution in [0.15, 0.2) is 18.2 Å². The first kappa shape index (κ1) is 16.8. The zero-order valence-corrected chi connectivity index (χ0v) is 14.9. The molecule has 24 heavy (non-hydrogen) atoms. The van der Waals surface area contributed by atoms with E-state index < -0.39 is 0 Å². The summed E-state index contributed by atoms with van der Waals surface area (Å²) < 4.78 is 5.89. The maximum Gasteiger partial charge on any atom is 0.254 e. The fraction of sp³-hybridized carbons (Fsp3) is 0.526. The first-order valence-corrected chi connectivity index (χ1v) is 8.64. The Bertz CT molecular complexity index is 758. The fourth-order valence-electron chi connectivity index (χ4n) is 3.16. The Balaban J connectivity index is 1.81. The van der Waals surface area contributed by atoms with Crippen molar-refractivity contribution < 1.29 is 9.53 Å². The molecule has 2 heterocycles. The van der Waals surface area contributed by atoms with Crippen LogP contribution in [0.3, 0.4) is 0 Å². The van der Waals surface area contributed by atoms with E-state index in [4.69, 9.17) is 4.74 Å². The standard InChI is InChI=1S/C19H25N3O2/c1-12(2)24-16-6-5-9-22(11-16)19(23)15-7-8-17-18(10-15)21-14(4)13(3)20-17/h7-8,10,12,16H,5-6,9,11H2,1-4H3. The molecule has 0 bridgehead atoms. The molecular formula is C19H25N3O2. The Morgan fingerprint density at radius 2 is 1.92 bits per heavy atom. The number of fused-ring (bicyclic) bond motifs is 1. The molecule has 1 aromatic carbocycles. The summed E-state index contributed by atoms with van der Waals surface area (Å²) >= 11 is 0. The van der Waals surface area contributed by atoms with Gasteiger partial charge in [-0.05, 0) is 58.7 Å². The second-order valence-corrected chi connectivity index (χ2v) is 6.80. The van der Waals surface area contributed by atoms with Gasteiger partial charge in [-0.3, -0.25) is 4.79 Å². The van der Waals surface area contributed by atoms with Gasteiger partial charge in [0.05, 0.1) is 34.6 Å². The third-order valence-corrected chi connectivity index (χ3v) is 4.45. The number of hydrogen-bond donors (Lipinski definition) is 0. The summed E-state index contributed by atoms with van der Waals surface area (Å²) in [5.41, 5.74) is 4.09. The van der Waals surface area contributed by atoms with E-state index in [-0.39, 0.29) is 18.1 Å². The molecule has 3 rings (SSSR count). The lowest BCUT2D eigenvalue weighted by Crippen LogP contribution is -2.43. The number of benzene rings is 1. The molecule has 0 N–H and O–H groups in total. The summed E-state index contributed by atoms with van der Waals surface area (Å²) in [7, 11) is 0. The maximum absolute atomic E-state index is 12.8. The minimum Gasteiger partial charge on any atom is -0.374 e. The van der Waals surface area contributed by atoms with E-state index in [1.165, 1.54) is 0 Å². The van der Waals surface area contributed by atoms with Gasteiger partial charge in [0.15, 0.2) is 0 Å². The number of rotatable bonds is 3. The van der Waals surface area contributed by atoms with E-state index in [1.54, 1.807) is 0 Å². The van der Waals surface area contributed by atoms with Crippen molar-refractivity contribution in [3.05, 3.63) is 35.2 Å². The average molecular weight is 327 g/mol. The molecule has 1 saturated heterocycles. The highest BCUT2D eigenvalue weighted by atomic mass is 16.5. The van der Waals surface area contributed by atoms with Crippen LogP contribution in [0, 0.1) is 13.8 Å². The van der Waals surface area contributed by atoms with Gasteiger partial charge < -0.3 is 9.64 Å². The molecular weight excluding hydrogens is 302 g/mol. The molecule has 0 saturated carbocycles. The predicted octanol–water partition coefficient (Wildman–Crippen LogP) is 3.28. The monoisotopic (exact) mass is 327 g/mol. The Morgan fingerprint density at radius 1 is 1.21 bits per heavy atom. The average Bonchev–Trinajstić information content (AvgIpc) is 2.54. The second kappa shape index (κ2) is 6.85. The normalized spacial score (nSPS) is 18.4. The highest BCUT2D eigenvalue weighted by molar-refractivity contribution is 5.97. The lowest BCUT2D eigenvalue weighted by Gasteiger charge is -2.33. The van der Waals surface area contributed by atoms with Crippen LogP contribution in [-0.4, -0.2) is 46.1 Å². The van der Waals surface area contributed by atoms with E-state index in [0.717, 1.165) is 41.8 Å². The van der Waals surface area contributed by atoms with Crippen molar-refractivity contribution in [2.24, 2.45) is 0 Å². The number of carbonyl (C=O) groups is 1. The summed E-state index contributed by atoms with van der Waals surface area (Å²) in [6, 6.07) is 5.58. The van der Waals surface area contributed by atoms with Gasteiger partial charge in [0.2, 0.25) is 0 Å². The van der Waals surface area contributed by atoms with Crippen molar-refractivity contribution in [3.63, 3.8) is 0 Å².